The molecule has 0 bridgehead atoms. The zero-order valence-electron chi connectivity index (χ0n) is 9.70. The Morgan fingerprint density at radius 3 is 2.89 bits per heavy atom. The summed E-state index contributed by atoms with van der Waals surface area (Å²) in [6.45, 7) is -2.84. The smallest absolute Gasteiger partial charge is 0.387 e. The fourth-order valence-corrected chi connectivity index (χ4v) is 1.80. The van der Waals surface area contributed by atoms with Gasteiger partial charge in [0, 0.05) is 24.2 Å². The molecule has 1 aromatic carbocycles. The Balaban J connectivity index is 2.01. The lowest BCUT2D eigenvalue weighted by Gasteiger charge is -2.05. The number of benzene rings is 1. The molecular weight excluding hydrogens is 252 g/mol. The third-order valence-corrected chi connectivity index (χ3v) is 2.59. The molecule has 6 heteroatoms. The van der Waals surface area contributed by atoms with E-state index < -0.39 is 6.61 Å². The molecule has 0 saturated heterocycles. The van der Waals surface area contributed by atoms with Crippen molar-refractivity contribution >= 4 is 5.78 Å². The van der Waals surface area contributed by atoms with E-state index in [4.69, 9.17) is 0 Å². The molecule has 0 aliphatic heterocycles. The van der Waals surface area contributed by atoms with Crippen molar-refractivity contribution in [2.75, 3.05) is 0 Å². The summed E-state index contributed by atoms with van der Waals surface area (Å²) in [5.74, 6) is 0.662. The Morgan fingerprint density at radius 2 is 2.11 bits per heavy atom. The van der Waals surface area contributed by atoms with Crippen LogP contribution in [0.2, 0.25) is 0 Å². The Kier molecular flexibility index (Phi) is 2.83. The summed E-state index contributed by atoms with van der Waals surface area (Å²) in [6, 6.07) is 8.21. The van der Waals surface area contributed by atoms with Crippen LogP contribution in [0.4, 0.5) is 8.78 Å². The lowest BCUT2D eigenvalue weighted by atomic mass is 10.1. The van der Waals surface area contributed by atoms with Gasteiger partial charge in [-0.3, -0.25) is 4.40 Å². The highest BCUT2D eigenvalue weighted by atomic mass is 19.3. The molecule has 0 aliphatic rings. The number of aromatic nitrogens is 3. The highest BCUT2D eigenvalue weighted by molar-refractivity contribution is 5.63. The predicted molar refractivity (Wildman–Crippen MR) is 65.1 cm³/mol. The number of halogens is 2. The molecule has 19 heavy (non-hydrogen) atoms. The number of hydrogen-bond donors (Lipinski definition) is 0. The lowest BCUT2D eigenvalue weighted by molar-refractivity contribution is -0.0498. The minimum absolute atomic E-state index is 0.109. The lowest BCUT2D eigenvalue weighted by Crippen LogP contribution is -2.01. The van der Waals surface area contributed by atoms with Crippen LogP contribution in [0.5, 0.6) is 5.75 Å². The second kappa shape index (κ2) is 4.64. The molecule has 0 fully saturated rings. The summed E-state index contributed by atoms with van der Waals surface area (Å²) in [6.07, 6.45) is 5.24. The summed E-state index contributed by atoms with van der Waals surface area (Å²) >= 11 is 0. The van der Waals surface area contributed by atoms with Gasteiger partial charge in [-0.25, -0.2) is 9.97 Å². The van der Waals surface area contributed by atoms with Gasteiger partial charge in [0.2, 0.25) is 5.78 Å². The van der Waals surface area contributed by atoms with E-state index in [0.717, 1.165) is 0 Å². The van der Waals surface area contributed by atoms with Gasteiger partial charge in [0.1, 0.15) is 5.75 Å². The van der Waals surface area contributed by atoms with Crippen molar-refractivity contribution in [1.29, 1.82) is 0 Å². The highest BCUT2D eigenvalue weighted by Gasteiger charge is 2.08. The van der Waals surface area contributed by atoms with Crippen LogP contribution >= 0.6 is 0 Å². The maximum absolute atomic E-state index is 12.2. The normalized spacial score (nSPS) is 11.1. The number of rotatable bonds is 3. The first kappa shape index (κ1) is 11.6. The fraction of sp³-hybridized carbons (Fsp3) is 0.0769. The molecule has 2 aromatic heterocycles. The minimum atomic E-state index is -2.84. The predicted octanol–water partition coefficient (Wildman–Crippen LogP) is 3.00. The number of fused-ring (bicyclic) bond motifs is 1. The van der Waals surface area contributed by atoms with E-state index in [9.17, 15) is 8.78 Å². The molecule has 3 aromatic rings. The standard InChI is InChI=1S/C13H9F2N3O/c14-12(15)19-10-4-1-3-9(7-10)11-8-18-6-2-5-16-13(18)17-11/h1-8,12H. The number of alkyl halides is 2. The van der Waals surface area contributed by atoms with Gasteiger partial charge in [0.25, 0.3) is 0 Å². The van der Waals surface area contributed by atoms with Gasteiger partial charge in [-0.05, 0) is 18.2 Å². The highest BCUT2D eigenvalue weighted by Crippen LogP contribution is 2.24. The van der Waals surface area contributed by atoms with E-state index in [2.05, 4.69) is 14.7 Å². The summed E-state index contributed by atoms with van der Waals surface area (Å²) in [7, 11) is 0. The van der Waals surface area contributed by atoms with Crippen molar-refractivity contribution in [3.05, 3.63) is 48.9 Å². The van der Waals surface area contributed by atoms with Crippen molar-refractivity contribution < 1.29 is 13.5 Å². The van der Waals surface area contributed by atoms with Gasteiger partial charge in [0.05, 0.1) is 5.69 Å². The Hall–Kier alpha value is -2.50. The zero-order valence-corrected chi connectivity index (χ0v) is 9.70. The molecule has 4 nitrogen and oxygen atoms in total. The third kappa shape index (κ3) is 2.37. The van der Waals surface area contributed by atoms with Gasteiger partial charge in [-0.1, -0.05) is 12.1 Å². The first-order chi connectivity index (χ1) is 9.22. The van der Waals surface area contributed by atoms with Crippen LogP contribution < -0.4 is 4.74 Å². The number of ether oxygens (including phenoxy) is 1. The largest absolute Gasteiger partial charge is 0.435 e. The molecule has 96 valence electrons. The van der Waals surface area contributed by atoms with Crippen LogP contribution in [0.15, 0.2) is 48.9 Å². The zero-order chi connectivity index (χ0) is 13.2. The van der Waals surface area contributed by atoms with Crippen molar-refractivity contribution in [2.45, 2.75) is 6.61 Å². The molecule has 0 unspecified atom stereocenters. The molecule has 0 radical (unpaired) electrons. The maximum atomic E-state index is 12.2. The first-order valence-corrected chi connectivity index (χ1v) is 5.57. The van der Waals surface area contributed by atoms with E-state index in [-0.39, 0.29) is 5.75 Å². The van der Waals surface area contributed by atoms with Crippen molar-refractivity contribution in [2.24, 2.45) is 0 Å². The molecule has 0 saturated carbocycles. The van der Waals surface area contributed by atoms with Crippen molar-refractivity contribution in [3.63, 3.8) is 0 Å². The average Bonchev–Trinajstić information content (AvgIpc) is 2.82. The Morgan fingerprint density at radius 1 is 1.21 bits per heavy atom. The quantitative estimate of drug-likeness (QED) is 0.727. The average molecular weight is 261 g/mol. The minimum Gasteiger partial charge on any atom is -0.435 e. The summed E-state index contributed by atoms with van der Waals surface area (Å²) < 4.78 is 30.5. The Labute approximate surface area is 107 Å². The molecule has 0 atom stereocenters. The topological polar surface area (TPSA) is 39.4 Å². The third-order valence-electron chi connectivity index (χ3n) is 2.59. The van der Waals surface area contributed by atoms with E-state index in [1.54, 1.807) is 35.0 Å². The van der Waals surface area contributed by atoms with Gasteiger partial charge in [0.15, 0.2) is 0 Å². The van der Waals surface area contributed by atoms with Crippen LogP contribution in [0.25, 0.3) is 17.0 Å². The molecule has 2 heterocycles. The molecule has 3 rings (SSSR count). The van der Waals surface area contributed by atoms with E-state index in [0.29, 0.717) is 17.0 Å². The first-order valence-electron chi connectivity index (χ1n) is 5.57. The molecule has 0 spiro atoms. The van der Waals surface area contributed by atoms with Gasteiger partial charge >= 0.3 is 6.61 Å². The molecule has 0 aliphatic carbocycles. The second-order valence-corrected chi connectivity index (χ2v) is 3.86. The van der Waals surface area contributed by atoms with Crippen molar-refractivity contribution in [3.8, 4) is 17.0 Å². The second-order valence-electron chi connectivity index (χ2n) is 3.86. The van der Waals surface area contributed by atoms with E-state index >= 15 is 0 Å². The van der Waals surface area contributed by atoms with Crippen LogP contribution in [0.1, 0.15) is 0 Å². The number of imidazole rings is 1. The molecule has 0 amide bonds. The summed E-state index contributed by atoms with van der Waals surface area (Å²) in [5.41, 5.74) is 1.35. The van der Waals surface area contributed by atoms with Crippen LogP contribution in [0, 0.1) is 0 Å². The van der Waals surface area contributed by atoms with Crippen LogP contribution in [-0.4, -0.2) is 21.0 Å². The van der Waals surface area contributed by atoms with E-state index in [1.807, 2.05) is 6.20 Å². The van der Waals surface area contributed by atoms with Crippen LogP contribution in [-0.2, 0) is 0 Å². The number of nitrogens with zero attached hydrogens (tertiary/aromatic N) is 3. The van der Waals surface area contributed by atoms with Crippen molar-refractivity contribution in [1.82, 2.24) is 14.4 Å². The van der Waals surface area contributed by atoms with Gasteiger partial charge in [-0.15, -0.1) is 0 Å². The molecule has 0 N–H and O–H groups in total. The summed E-state index contributed by atoms with van der Waals surface area (Å²) in [5, 5.41) is 0. The number of hydrogen-bond acceptors (Lipinski definition) is 3. The van der Waals surface area contributed by atoms with Gasteiger partial charge < -0.3 is 4.74 Å². The summed E-state index contributed by atoms with van der Waals surface area (Å²) in [4.78, 5) is 8.41. The van der Waals surface area contributed by atoms with Gasteiger partial charge in [-0.2, -0.15) is 8.78 Å². The van der Waals surface area contributed by atoms with Crippen LogP contribution in [0.3, 0.4) is 0 Å². The SMILES string of the molecule is FC(F)Oc1cccc(-c2cn3cccnc3n2)c1. The van der Waals surface area contributed by atoms with E-state index in [1.165, 1.54) is 12.1 Å². The fourth-order valence-electron chi connectivity index (χ4n) is 1.80. The monoisotopic (exact) mass is 261 g/mol. The Bertz CT molecular complexity index is 679. The maximum Gasteiger partial charge on any atom is 0.387 e. The molecular formula is C13H9F2N3O.